The summed E-state index contributed by atoms with van der Waals surface area (Å²) in [6, 6.07) is 11.4. The first-order valence-electron chi connectivity index (χ1n) is 9.56. The number of ether oxygens (including phenoxy) is 1. The highest BCUT2D eigenvalue weighted by Gasteiger charge is 2.13. The molecule has 3 aromatic rings. The van der Waals surface area contributed by atoms with Crippen LogP contribution in [0, 0.1) is 22.5 Å². The second kappa shape index (κ2) is 9.85. The molecule has 0 saturated carbocycles. The van der Waals surface area contributed by atoms with E-state index in [0.717, 1.165) is 19.3 Å². The number of aromatic nitrogens is 1. The Hall–Kier alpha value is -3.44. The van der Waals surface area contributed by atoms with E-state index in [2.05, 4.69) is 17.8 Å². The van der Waals surface area contributed by atoms with Gasteiger partial charge in [-0.1, -0.05) is 43.1 Å². The van der Waals surface area contributed by atoms with Crippen molar-refractivity contribution in [1.29, 1.82) is 0 Å². The number of nitro groups is 1. The molecule has 1 heterocycles. The molecule has 0 radical (unpaired) electrons. The zero-order valence-electron chi connectivity index (χ0n) is 16.5. The minimum Gasteiger partial charge on any atom is -0.494 e. The van der Waals surface area contributed by atoms with Crippen LogP contribution >= 0.6 is 11.3 Å². The summed E-state index contributed by atoms with van der Waals surface area (Å²) in [4.78, 5) is 28.0. The monoisotopic (exact) mass is 423 g/mol. The summed E-state index contributed by atoms with van der Waals surface area (Å²) in [6.45, 7) is 2.92. The molecule has 0 N–H and O–H groups in total. The summed E-state index contributed by atoms with van der Waals surface area (Å²) >= 11 is 1.19. The fourth-order valence-electron chi connectivity index (χ4n) is 2.92. The maximum Gasteiger partial charge on any atom is 0.279 e. The zero-order chi connectivity index (χ0) is 21.5. The van der Waals surface area contributed by atoms with Crippen LogP contribution in [-0.2, 0) is 6.54 Å². The highest BCUT2D eigenvalue weighted by molar-refractivity contribution is 7.16. The molecular formula is C22H21N3O4S. The van der Waals surface area contributed by atoms with Crippen molar-refractivity contribution in [1.82, 2.24) is 4.57 Å². The fourth-order valence-corrected chi connectivity index (χ4v) is 3.98. The summed E-state index contributed by atoms with van der Waals surface area (Å²) in [7, 11) is 0. The van der Waals surface area contributed by atoms with E-state index >= 15 is 0 Å². The van der Waals surface area contributed by atoms with Gasteiger partial charge in [0.05, 0.1) is 28.3 Å². The lowest BCUT2D eigenvalue weighted by Gasteiger charge is -2.06. The number of nitrogens with zero attached hydrogens (tertiary/aromatic N) is 3. The molecular weight excluding hydrogens is 402 g/mol. The van der Waals surface area contributed by atoms with Crippen molar-refractivity contribution < 1.29 is 14.5 Å². The van der Waals surface area contributed by atoms with Crippen LogP contribution in [0.2, 0.25) is 0 Å². The third kappa shape index (κ3) is 4.93. The number of thiazole rings is 1. The van der Waals surface area contributed by atoms with Crippen LogP contribution in [0.25, 0.3) is 10.2 Å². The Morgan fingerprint density at radius 3 is 2.87 bits per heavy atom. The van der Waals surface area contributed by atoms with Gasteiger partial charge in [0.25, 0.3) is 11.6 Å². The number of terminal acetylenes is 1. The third-order valence-electron chi connectivity index (χ3n) is 4.42. The van der Waals surface area contributed by atoms with Crippen molar-refractivity contribution in [2.75, 3.05) is 6.61 Å². The van der Waals surface area contributed by atoms with E-state index in [1.165, 1.54) is 23.5 Å². The van der Waals surface area contributed by atoms with E-state index < -0.39 is 10.8 Å². The molecule has 0 atom stereocenters. The third-order valence-corrected chi connectivity index (χ3v) is 5.46. The number of nitro benzene ring substituents is 1. The van der Waals surface area contributed by atoms with Gasteiger partial charge in [0.2, 0.25) is 0 Å². The number of hydrogen-bond donors (Lipinski definition) is 0. The van der Waals surface area contributed by atoms with E-state index in [1.807, 2.05) is 0 Å². The standard InChI is InChI=1S/C22H21N3O4S/c1-3-5-6-13-29-18-9-7-8-16(14-18)21(26)23-22-24(12-4-2)19-11-10-17(25(27)28)15-20(19)30-22/h2,7-11,14-15H,3,5-6,12-13H2,1H3. The molecule has 1 aromatic heterocycles. The predicted octanol–water partition coefficient (Wildman–Crippen LogP) is 4.55. The van der Waals surface area contributed by atoms with Crippen LogP contribution in [0.5, 0.6) is 5.75 Å². The Labute approximate surface area is 177 Å². The minimum absolute atomic E-state index is 0.0255. The highest BCUT2D eigenvalue weighted by atomic mass is 32.1. The number of hydrogen-bond acceptors (Lipinski definition) is 5. The van der Waals surface area contributed by atoms with Gasteiger partial charge in [-0.2, -0.15) is 4.99 Å². The number of unbranched alkanes of at least 4 members (excludes halogenated alkanes) is 2. The molecule has 0 aliphatic carbocycles. The quantitative estimate of drug-likeness (QED) is 0.230. The average Bonchev–Trinajstić information content (AvgIpc) is 3.08. The second-order valence-corrected chi connectivity index (χ2v) is 7.59. The molecule has 0 unspecified atom stereocenters. The fraction of sp³-hybridized carbons (Fsp3) is 0.273. The van der Waals surface area contributed by atoms with Crippen LogP contribution in [-0.4, -0.2) is 22.0 Å². The van der Waals surface area contributed by atoms with E-state index in [9.17, 15) is 14.9 Å². The van der Waals surface area contributed by atoms with Crippen molar-refractivity contribution in [2.24, 2.45) is 4.99 Å². The molecule has 8 heteroatoms. The number of benzene rings is 2. The first-order valence-corrected chi connectivity index (χ1v) is 10.4. The van der Waals surface area contributed by atoms with Crippen LogP contribution in [0.3, 0.4) is 0 Å². The average molecular weight is 423 g/mol. The Bertz CT molecular complexity index is 1190. The highest BCUT2D eigenvalue weighted by Crippen LogP contribution is 2.23. The maximum atomic E-state index is 12.8. The smallest absolute Gasteiger partial charge is 0.279 e. The van der Waals surface area contributed by atoms with Crippen molar-refractivity contribution >= 4 is 33.1 Å². The van der Waals surface area contributed by atoms with Gasteiger partial charge in [-0.15, -0.1) is 6.42 Å². The van der Waals surface area contributed by atoms with Gasteiger partial charge < -0.3 is 9.30 Å². The number of amides is 1. The van der Waals surface area contributed by atoms with Crippen LogP contribution < -0.4 is 9.54 Å². The molecule has 0 bridgehead atoms. The van der Waals surface area contributed by atoms with Gasteiger partial charge in [-0.05, 0) is 30.7 Å². The summed E-state index contributed by atoms with van der Waals surface area (Å²) in [6.07, 6.45) is 8.63. The largest absolute Gasteiger partial charge is 0.494 e. The van der Waals surface area contributed by atoms with Gasteiger partial charge >= 0.3 is 0 Å². The normalized spacial score (nSPS) is 11.4. The van der Waals surface area contributed by atoms with Crippen molar-refractivity contribution in [2.45, 2.75) is 32.7 Å². The van der Waals surface area contributed by atoms with E-state index in [4.69, 9.17) is 11.2 Å². The summed E-state index contributed by atoms with van der Waals surface area (Å²) in [5, 5.41) is 11.0. The second-order valence-electron chi connectivity index (χ2n) is 6.58. The molecule has 1 amide bonds. The van der Waals surface area contributed by atoms with Crippen LogP contribution in [0.4, 0.5) is 5.69 Å². The molecule has 154 valence electrons. The zero-order valence-corrected chi connectivity index (χ0v) is 17.4. The van der Waals surface area contributed by atoms with Gasteiger partial charge in [0.1, 0.15) is 5.75 Å². The lowest BCUT2D eigenvalue weighted by molar-refractivity contribution is -0.384. The summed E-state index contributed by atoms with van der Waals surface area (Å²) in [5.41, 5.74) is 1.07. The van der Waals surface area contributed by atoms with Gasteiger partial charge in [-0.25, -0.2) is 0 Å². The molecule has 30 heavy (non-hydrogen) atoms. The van der Waals surface area contributed by atoms with E-state index in [-0.39, 0.29) is 12.2 Å². The van der Waals surface area contributed by atoms with Gasteiger partial charge in [0.15, 0.2) is 4.80 Å². The van der Waals surface area contributed by atoms with Crippen molar-refractivity contribution in [3.63, 3.8) is 0 Å². The number of non-ortho nitro benzene ring substituents is 1. The minimum atomic E-state index is -0.460. The van der Waals surface area contributed by atoms with E-state index in [0.29, 0.717) is 32.9 Å². The Kier molecular flexibility index (Phi) is 6.99. The molecule has 0 spiro atoms. The Morgan fingerprint density at radius 1 is 1.30 bits per heavy atom. The SMILES string of the molecule is C#CCn1c(=NC(=O)c2cccc(OCCCCC)c2)sc2cc([N+](=O)[O-])ccc21. The molecule has 0 aliphatic heterocycles. The topological polar surface area (TPSA) is 86.7 Å². The van der Waals surface area contributed by atoms with Gasteiger partial charge in [-0.3, -0.25) is 14.9 Å². The van der Waals surface area contributed by atoms with Crippen molar-refractivity contribution in [3.05, 3.63) is 62.9 Å². The summed E-state index contributed by atoms with van der Waals surface area (Å²) < 4.78 is 8.05. The molecule has 2 aromatic carbocycles. The van der Waals surface area contributed by atoms with Crippen LogP contribution in [0.1, 0.15) is 36.5 Å². The van der Waals surface area contributed by atoms with Crippen molar-refractivity contribution in [3.8, 4) is 18.1 Å². The molecule has 7 nitrogen and oxygen atoms in total. The molecule has 0 saturated heterocycles. The number of rotatable bonds is 8. The lowest BCUT2D eigenvalue weighted by atomic mass is 10.2. The number of carbonyl (C=O) groups excluding carboxylic acids is 1. The molecule has 3 rings (SSSR count). The lowest BCUT2D eigenvalue weighted by Crippen LogP contribution is -2.16. The first kappa shape index (κ1) is 21.3. The number of carbonyl (C=O) groups is 1. The predicted molar refractivity (Wildman–Crippen MR) is 117 cm³/mol. The summed E-state index contributed by atoms with van der Waals surface area (Å²) in [5.74, 6) is 2.73. The van der Waals surface area contributed by atoms with E-state index in [1.54, 1.807) is 34.9 Å². The Morgan fingerprint density at radius 2 is 2.13 bits per heavy atom. The number of fused-ring (bicyclic) bond motifs is 1. The van der Waals surface area contributed by atoms with Crippen LogP contribution in [0.15, 0.2) is 47.5 Å². The molecule has 0 aliphatic rings. The Balaban J connectivity index is 1.94. The molecule has 0 fully saturated rings. The maximum absolute atomic E-state index is 12.8. The van der Waals surface area contributed by atoms with Gasteiger partial charge in [0, 0.05) is 17.7 Å². The first-order chi connectivity index (χ1) is 14.5.